The third-order valence-corrected chi connectivity index (χ3v) is 7.34. The number of carbonyl (C=O) groups is 2. The van der Waals surface area contributed by atoms with Crippen LogP contribution in [0.4, 0.5) is 0 Å². The van der Waals surface area contributed by atoms with Crippen molar-refractivity contribution >= 4 is 33.3 Å². The van der Waals surface area contributed by atoms with Gasteiger partial charge in [-0.2, -0.15) is 0 Å². The van der Waals surface area contributed by atoms with Gasteiger partial charge in [0.2, 0.25) is 5.91 Å². The van der Waals surface area contributed by atoms with Gasteiger partial charge in [0.25, 0.3) is 0 Å². The van der Waals surface area contributed by atoms with Crippen LogP contribution in [0.5, 0.6) is 0 Å². The molecule has 2 fully saturated rings. The number of rotatable bonds is 5. The Kier molecular flexibility index (Phi) is 5.25. The van der Waals surface area contributed by atoms with E-state index >= 15 is 0 Å². The lowest BCUT2D eigenvalue weighted by Gasteiger charge is -2.46. The van der Waals surface area contributed by atoms with Crippen LogP contribution in [-0.4, -0.2) is 54.0 Å². The summed E-state index contributed by atoms with van der Waals surface area (Å²) in [5.41, 5.74) is -0.435. The number of likely N-dealkylation sites (tertiary alicyclic amines) is 2. The maximum Gasteiger partial charge on any atom is 0.311 e. The van der Waals surface area contributed by atoms with Gasteiger partial charge in [-0.25, -0.2) is 0 Å². The molecule has 0 N–H and O–H groups in total. The predicted octanol–water partition coefficient (Wildman–Crippen LogP) is 3.44. The molecule has 1 atom stereocenters. The van der Waals surface area contributed by atoms with E-state index in [4.69, 9.17) is 4.74 Å². The second-order valence-corrected chi connectivity index (χ2v) is 8.87. The van der Waals surface area contributed by atoms with Gasteiger partial charge in [0.1, 0.15) is 0 Å². The molecule has 1 aromatic carbocycles. The van der Waals surface area contributed by atoms with Crippen LogP contribution in [0.1, 0.15) is 24.1 Å². The highest BCUT2D eigenvalue weighted by molar-refractivity contribution is 7.19. The van der Waals surface area contributed by atoms with Gasteiger partial charge < -0.3 is 9.64 Å². The highest BCUT2D eigenvalue weighted by Gasteiger charge is 2.56. The minimum Gasteiger partial charge on any atom is -0.469 e. The number of benzene rings is 1. The van der Waals surface area contributed by atoms with Gasteiger partial charge in [-0.15, -0.1) is 17.9 Å². The molecule has 4 rings (SSSR count). The lowest BCUT2D eigenvalue weighted by Crippen LogP contribution is -2.57. The second kappa shape index (κ2) is 7.68. The standard InChI is InChI=1S/C22H26N2O3S/c1-3-10-24-20(25)14-18(21(26)27-2)22(24)8-11-23(12-9-22)15-17-13-16-6-4-5-7-19(16)28-17/h3-7,13,18H,1,8-12,14-15H2,2H3. The average molecular weight is 399 g/mol. The summed E-state index contributed by atoms with van der Waals surface area (Å²) in [6.07, 6.45) is 3.58. The van der Waals surface area contributed by atoms with Crippen molar-refractivity contribution in [1.29, 1.82) is 0 Å². The maximum absolute atomic E-state index is 12.6. The fourth-order valence-electron chi connectivity index (χ4n) is 4.82. The fraction of sp³-hybridized carbons (Fsp3) is 0.455. The molecule has 28 heavy (non-hydrogen) atoms. The van der Waals surface area contributed by atoms with E-state index in [1.54, 1.807) is 6.08 Å². The quantitative estimate of drug-likeness (QED) is 0.572. The molecule has 5 nitrogen and oxygen atoms in total. The number of thiophene rings is 1. The SMILES string of the molecule is C=CCN1C(=O)CC(C(=O)OC)C12CCN(Cc1cc3ccccc3s1)CC2. The Morgan fingerprint density at radius 2 is 2.11 bits per heavy atom. The molecule has 1 spiro atoms. The van der Waals surface area contributed by atoms with Crippen molar-refractivity contribution in [3.8, 4) is 0 Å². The first-order chi connectivity index (χ1) is 13.6. The van der Waals surface area contributed by atoms with Crippen molar-refractivity contribution in [2.75, 3.05) is 26.7 Å². The average Bonchev–Trinajstić information content (AvgIpc) is 3.23. The van der Waals surface area contributed by atoms with Crippen molar-refractivity contribution in [2.24, 2.45) is 5.92 Å². The Balaban J connectivity index is 1.50. The summed E-state index contributed by atoms with van der Waals surface area (Å²) < 4.78 is 6.35. The number of piperidine rings is 1. The molecule has 1 aromatic heterocycles. The Bertz CT molecular complexity index is 865. The Morgan fingerprint density at radius 3 is 2.79 bits per heavy atom. The van der Waals surface area contributed by atoms with Gasteiger partial charge in [-0.3, -0.25) is 14.5 Å². The van der Waals surface area contributed by atoms with Gasteiger partial charge in [0.15, 0.2) is 0 Å². The molecule has 3 heterocycles. The summed E-state index contributed by atoms with van der Waals surface area (Å²) >= 11 is 1.84. The summed E-state index contributed by atoms with van der Waals surface area (Å²) in [5, 5.41) is 1.29. The van der Waals surface area contributed by atoms with E-state index in [1.165, 1.54) is 22.1 Å². The van der Waals surface area contributed by atoms with Crippen molar-refractivity contribution in [2.45, 2.75) is 31.3 Å². The molecule has 2 saturated heterocycles. The van der Waals surface area contributed by atoms with Gasteiger partial charge in [0, 0.05) is 42.2 Å². The summed E-state index contributed by atoms with van der Waals surface area (Å²) in [5.74, 6) is -0.609. The first-order valence-electron chi connectivity index (χ1n) is 9.76. The van der Waals surface area contributed by atoms with Crippen molar-refractivity contribution in [1.82, 2.24) is 9.80 Å². The molecule has 1 unspecified atom stereocenters. The van der Waals surface area contributed by atoms with Gasteiger partial charge in [-0.05, 0) is 30.4 Å². The number of nitrogens with zero attached hydrogens (tertiary/aromatic N) is 2. The van der Waals surface area contributed by atoms with Gasteiger partial charge >= 0.3 is 5.97 Å². The van der Waals surface area contributed by atoms with Crippen molar-refractivity contribution in [3.63, 3.8) is 0 Å². The molecule has 0 saturated carbocycles. The van der Waals surface area contributed by atoms with Crippen LogP contribution in [0.2, 0.25) is 0 Å². The summed E-state index contributed by atoms with van der Waals surface area (Å²) in [7, 11) is 1.41. The molecule has 1 amide bonds. The molecule has 0 aliphatic carbocycles. The number of methoxy groups -OCH3 is 1. The van der Waals surface area contributed by atoms with E-state index in [2.05, 4.69) is 41.8 Å². The first-order valence-corrected chi connectivity index (χ1v) is 10.6. The normalized spacial score (nSPS) is 22.1. The highest BCUT2D eigenvalue weighted by Crippen LogP contribution is 2.44. The third-order valence-electron chi connectivity index (χ3n) is 6.24. The summed E-state index contributed by atoms with van der Waals surface area (Å²) in [4.78, 5) is 30.7. The maximum atomic E-state index is 12.6. The van der Waals surface area contributed by atoms with E-state index in [0.717, 1.165) is 32.5 Å². The van der Waals surface area contributed by atoms with Crippen LogP contribution in [0, 0.1) is 5.92 Å². The molecule has 2 aromatic rings. The van der Waals surface area contributed by atoms with Crippen molar-refractivity contribution in [3.05, 3.63) is 47.9 Å². The molecule has 2 aliphatic heterocycles. The van der Waals surface area contributed by atoms with E-state index in [-0.39, 0.29) is 24.2 Å². The van der Waals surface area contributed by atoms with Crippen molar-refractivity contribution < 1.29 is 14.3 Å². The van der Waals surface area contributed by atoms with E-state index in [1.807, 2.05) is 16.2 Å². The Hall–Kier alpha value is -2.18. The lowest BCUT2D eigenvalue weighted by atomic mass is 9.76. The van der Waals surface area contributed by atoms with Gasteiger partial charge in [0.05, 0.1) is 18.6 Å². The number of ether oxygens (including phenoxy) is 1. The zero-order valence-electron chi connectivity index (χ0n) is 16.2. The third kappa shape index (κ3) is 3.25. The number of esters is 1. The molecule has 6 heteroatoms. The zero-order valence-corrected chi connectivity index (χ0v) is 17.0. The minimum absolute atomic E-state index is 0.0354. The number of hydrogen-bond donors (Lipinski definition) is 0. The smallest absolute Gasteiger partial charge is 0.311 e. The second-order valence-electron chi connectivity index (χ2n) is 7.70. The molecular weight excluding hydrogens is 372 g/mol. The topological polar surface area (TPSA) is 49.9 Å². The van der Waals surface area contributed by atoms with E-state index in [0.29, 0.717) is 6.54 Å². The molecule has 148 valence electrons. The van der Waals surface area contributed by atoms with Gasteiger partial charge in [-0.1, -0.05) is 24.3 Å². The number of hydrogen-bond acceptors (Lipinski definition) is 5. The van der Waals surface area contributed by atoms with Crippen LogP contribution >= 0.6 is 11.3 Å². The number of fused-ring (bicyclic) bond motifs is 1. The zero-order chi connectivity index (χ0) is 19.7. The van der Waals surface area contributed by atoms with E-state index < -0.39 is 5.54 Å². The summed E-state index contributed by atoms with van der Waals surface area (Å²) in [6, 6.07) is 10.7. The number of carbonyl (C=O) groups excluding carboxylic acids is 2. The lowest BCUT2D eigenvalue weighted by molar-refractivity contribution is -0.150. The monoisotopic (exact) mass is 398 g/mol. The molecular formula is C22H26N2O3S. The van der Waals surface area contributed by atoms with Crippen LogP contribution in [0.25, 0.3) is 10.1 Å². The minimum atomic E-state index is -0.435. The predicted molar refractivity (Wildman–Crippen MR) is 111 cm³/mol. The van der Waals surface area contributed by atoms with Crippen LogP contribution in [0.15, 0.2) is 43.0 Å². The van der Waals surface area contributed by atoms with Crippen LogP contribution in [0.3, 0.4) is 0 Å². The van der Waals surface area contributed by atoms with Crippen LogP contribution < -0.4 is 0 Å². The Labute approximate surface area is 169 Å². The Morgan fingerprint density at radius 1 is 1.36 bits per heavy atom. The first kappa shape index (κ1) is 19.2. The van der Waals surface area contributed by atoms with E-state index in [9.17, 15) is 9.59 Å². The van der Waals surface area contributed by atoms with Crippen LogP contribution in [-0.2, 0) is 20.9 Å². The largest absolute Gasteiger partial charge is 0.469 e. The molecule has 2 aliphatic rings. The highest BCUT2D eigenvalue weighted by atomic mass is 32.1. The number of amides is 1. The summed E-state index contributed by atoms with van der Waals surface area (Å²) in [6.45, 7) is 6.93. The fourth-order valence-corrected chi connectivity index (χ4v) is 5.93. The molecule has 0 bridgehead atoms. The molecule has 0 radical (unpaired) electrons.